The number of ether oxygens (including phenoxy) is 2. The van der Waals surface area contributed by atoms with Gasteiger partial charge in [-0.1, -0.05) is 60.7 Å². The maximum atomic E-state index is 13.6. The molecule has 2 bridgehead atoms. The van der Waals surface area contributed by atoms with E-state index in [1.54, 1.807) is 4.90 Å². The number of carbonyl (C=O) groups excluding carboxylic acids is 2. The molecular weight excluding hydrogens is 434 g/mol. The zero-order valence-corrected chi connectivity index (χ0v) is 19.2. The molecule has 8 nitrogen and oxygen atoms in total. The molecule has 34 heavy (non-hydrogen) atoms. The predicted molar refractivity (Wildman–Crippen MR) is 125 cm³/mol. The van der Waals surface area contributed by atoms with Gasteiger partial charge >= 0.3 is 0 Å². The first-order valence-electron chi connectivity index (χ1n) is 12.0. The average molecular weight is 466 g/mol. The van der Waals surface area contributed by atoms with Crippen LogP contribution >= 0.6 is 0 Å². The van der Waals surface area contributed by atoms with E-state index < -0.39 is 18.5 Å². The summed E-state index contributed by atoms with van der Waals surface area (Å²) in [5, 5.41) is 9.16. The molecule has 5 rings (SSSR count). The number of aliphatic hydroxyl groups excluding tert-OH is 1. The van der Waals surface area contributed by atoms with Gasteiger partial charge in [0.25, 0.3) is 11.8 Å². The molecule has 0 spiro atoms. The SMILES string of the molecule is O=C([C@@H]1O[C@H]2O[C@@H]1C(=O)N(Cc1ccccc1)[C@@H]2Cc1ccccc1)N1CCN(CCO)CC1. The highest BCUT2D eigenvalue weighted by Gasteiger charge is 2.56. The van der Waals surface area contributed by atoms with E-state index >= 15 is 0 Å². The molecule has 8 heteroatoms. The van der Waals surface area contributed by atoms with Crippen LogP contribution in [0.2, 0.25) is 0 Å². The van der Waals surface area contributed by atoms with Crippen LogP contribution in [0.15, 0.2) is 60.7 Å². The summed E-state index contributed by atoms with van der Waals surface area (Å²) in [7, 11) is 0. The number of rotatable bonds is 7. The summed E-state index contributed by atoms with van der Waals surface area (Å²) in [6, 6.07) is 19.5. The van der Waals surface area contributed by atoms with E-state index in [4.69, 9.17) is 14.6 Å². The Hall–Kier alpha value is -2.78. The molecule has 3 heterocycles. The van der Waals surface area contributed by atoms with Gasteiger partial charge in [0, 0.05) is 39.3 Å². The Bertz CT molecular complexity index is 980. The molecule has 4 atom stereocenters. The first-order valence-corrected chi connectivity index (χ1v) is 12.0. The molecule has 2 aromatic carbocycles. The summed E-state index contributed by atoms with van der Waals surface area (Å²) in [6.45, 7) is 3.63. The van der Waals surface area contributed by atoms with E-state index in [9.17, 15) is 9.59 Å². The number of hydrogen-bond acceptors (Lipinski definition) is 6. The van der Waals surface area contributed by atoms with Crippen LogP contribution in [0.5, 0.6) is 0 Å². The van der Waals surface area contributed by atoms with Crippen molar-refractivity contribution < 1.29 is 24.2 Å². The van der Waals surface area contributed by atoms with Crippen LogP contribution in [-0.4, -0.2) is 95.5 Å². The van der Waals surface area contributed by atoms with E-state index in [-0.39, 0.29) is 24.5 Å². The molecule has 2 amide bonds. The molecule has 1 N–H and O–H groups in total. The van der Waals surface area contributed by atoms with Crippen LogP contribution < -0.4 is 0 Å². The summed E-state index contributed by atoms with van der Waals surface area (Å²) in [4.78, 5) is 32.7. The number of hydrogen-bond donors (Lipinski definition) is 1. The number of carbonyl (C=O) groups is 2. The largest absolute Gasteiger partial charge is 0.395 e. The molecule has 0 aromatic heterocycles. The fourth-order valence-electron chi connectivity index (χ4n) is 5.04. The molecule has 2 aromatic rings. The fraction of sp³-hybridized carbons (Fsp3) is 0.462. The van der Waals surface area contributed by atoms with Gasteiger partial charge in [0.15, 0.2) is 18.5 Å². The Morgan fingerprint density at radius 2 is 1.56 bits per heavy atom. The van der Waals surface area contributed by atoms with Crippen LogP contribution in [0.25, 0.3) is 0 Å². The van der Waals surface area contributed by atoms with Crippen LogP contribution in [0.3, 0.4) is 0 Å². The zero-order valence-electron chi connectivity index (χ0n) is 19.2. The molecule has 3 fully saturated rings. The average Bonchev–Trinajstić information content (AvgIpc) is 3.28. The first kappa shape index (κ1) is 23.0. The van der Waals surface area contributed by atoms with E-state index in [1.165, 1.54) is 0 Å². The summed E-state index contributed by atoms with van der Waals surface area (Å²) < 4.78 is 12.2. The minimum atomic E-state index is -0.930. The van der Waals surface area contributed by atoms with E-state index in [0.717, 1.165) is 11.1 Å². The summed E-state index contributed by atoms with van der Waals surface area (Å²) in [6.07, 6.45) is -1.93. The number of morpholine rings is 1. The van der Waals surface area contributed by atoms with Crippen molar-refractivity contribution in [3.63, 3.8) is 0 Å². The highest BCUT2D eigenvalue weighted by Crippen LogP contribution is 2.35. The van der Waals surface area contributed by atoms with Crippen LogP contribution in [0.1, 0.15) is 11.1 Å². The number of piperazine rings is 1. The van der Waals surface area contributed by atoms with Crippen molar-refractivity contribution in [3.05, 3.63) is 71.8 Å². The maximum absolute atomic E-state index is 13.6. The Kier molecular flexibility index (Phi) is 6.92. The van der Waals surface area contributed by atoms with Crippen molar-refractivity contribution in [2.75, 3.05) is 39.3 Å². The number of aliphatic hydroxyl groups is 1. The van der Waals surface area contributed by atoms with Gasteiger partial charge in [-0.3, -0.25) is 14.5 Å². The standard InChI is InChI=1S/C26H31N3O5/c30-16-15-27-11-13-28(14-12-27)24(31)22-23-25(32)29(18-20-9-5-2-6-10-20)21(26(33-22)34-23)17-19-7-3-1-4-8-19/h1-10,21-23,26,30H,11-18H2/t21-,22-,23+,26+/m1/s1. The third-order valence-electron chi connectivity index (χ3n) is 6.90. The van der Waals surface area contributed by atoms with Gasteiger partial charge < -0.3 is 24.4 Å². The molecule has 3 aliphatic heterocycles. The highest BCUT2D eigenvalue weighted by atomic mass is 16.7. The van der Waals surface area contributed by atoms with Gasteiger partial charge in [0.05, 0.1) is 12.6 Å². The lowest BCUT2D eigenvalue weighted by Gasteiger charge is -2.39. The first-order chi connectivity index (χ1) is 16.6. The van der Waals surface area contributed by atoms with Crippen LogP contribution in [-0.2, 0) is 32.0 Å². The van der Waals surface area contributed by atoms with E-state index in [1.807, 2.05) is 65.6 Å². The predicted octanol–water partition coefficient (Wildman–Crippen LogP) is 0.887. The highest BCUT2D eigenvalue weighted by molar-refractivity contribution is 5.92. The van der Waals surface area contributed by atoms with Gasteiger partial charge in [-0.15, -0.1) is 0 Å². The van der Waals surface area contributed by atoms with E-state index in [0.29, 0.717) is 45.7 Å². The lowest BCUT2D eigenvalue weighted by Crippen LogP contribution is -2.58. The minimum absolute atomic E-state index is 0.103. The monoisotopic (exact) mass is 465 g/mol. The second-order valence-corrected chi connectivity index (χ2v) is 9.08. The Morgan fingerprint density at radius 3 is 2.21 bits per heavy atom. The lowest BCUT2D eigenvalue weighted by atomic mass is 10.0. The molecule has 0 radical (unpaired) electrons. The van der Waals surface area contributed by atoms with Crippen molar-refractivity contribution in [2.24, 2.45) is 0 Å². The topological polar surface area (TPSA) is 82.6 Å². The molecule has 0 unspecified atom stereocenters. The second kappa shape index (κ2) is 10.2. The fourth-order valence-corrected chi connectivity index (χ4v) is 5.04. The van der Waals surface area contributed by atoms with Gasteiger partial charge in [-0.25, -0.2) is 0 Å². The summed E-state index contributed by atoms with van der Waals surface area (Å²) in [5.41, 5.74) is 2.11. The molecule has 180 valence electrons. The Labute approximate surface area is 199 Å². The Morgan fingerprint density at radius 1 is 0.912 bits per heavy atom. The van der Waals surface area contributed by atoms with Crippen LogP contribution in [0, 0.1) is 0 Å². The number of nitrogens with zero attached hydrogens (tertiary/aromatic N) is 3. The zero-order chi connectivity index (χ0) is 23.5. The second-order valence-electron chi connectivity index (χ2n) is 9.08. The molecule has 3 saturated heterocycles. The quantitative estimate of drug-likeness (QED) is 0.654. The lowest BCUT2D eigenvalue weighted by molar-refractivity contribution is -0.177. The normalized spacial score (nSPS) is 27.3. The summed E-state index contributed by atoms with van der Waals surface area (Å²) >= 11 is 0. The smallest absolute Gasteiger partial charge is 0.255 e. The van der Waals surface area contributed by atoms with Crippen molar-refractivity contribution in [1.82, 2.24) is 14.7 Å². The molecular formula is C26H31N3O5. The van der Waals surface area contributed by atoms with Gasteiger partial charge in [-0.2, -0.15) is 0 Å². The van der Waals surface area contributed by atoms with Gasteiger partial charge in [0.1, 0.15) is 0 Å². The molecule has 0 aliphatic carbocycles. The molecule has 3 aliphatic rings. The van der Waals surface area contributed by atoms with Crippen molar-refractivity contribution in [3.8, 4) is 0 Å². The number of amides is 2. The third-order valence-corrected chi connectivity index (χ3v) is 6.90. The Balaban J connectivity index is 1.35. The summed E-state index contributed by atoms with van der Waals surface area (Å²) in [5.74, 6) is -0.389. The van der Waals surface area contributed by atoms with Gasteiger partial charge in [0.2, 0.25) is 0 Å². The van der Waals surface area contributed by atoms with Crippen molar-refractivity contribution in [2.45, 2.75) is 37.5 Å². The van der Waals surface area contributed by atoms with E-state index in [2.05, 4.69) is 4.90 Å². The van der Waals surface area contributed by atoms with Crippen molar-refractivity contribution in [1.29, 1.82) is 0 Å². The van der Waals surface area contributed by atoms with Crippen molar-refractivity contribution >= 4 is 11.8 Å². The number of benzene rings is 2. The third kappa shape index (κ3) is 4.72. The van der Waals surface area contributed by atoms with Crippen LogP contribution in [0.4, 0.5) is 0 Å². The number of fused-ring (bicyclic) bond motifs is 2. The minimum Gasteiger partial charge on any atom is -0.395 e. The number of β-amino-alcohol motifs (C(OH)–C–C–N with tert-alkyl or cyclic N) is 1. The van der Waals surface area contributed by atoms with Gasteiger partial charge in [-0.05, 0) is 17.5 Å². The maximum Gasteiger partial charge on any atom is 0.255 e. The molecule has 0 saturated carbocycles.